The van der Waals surface area contributed by atoms with E-state index in [1.165, 1.54) is 5.56 Å². The summed E-state index contributed by atoms with van der Waals surface area (Å²) in [5, 5.41) is 0. The molecule has 1 aromatic heterocycles. The molecule has 2 rings (SSSR count). The molecular weight excluding hydrogens is 267 g/mol. The summed E-state index contributed by atoms with van der Waals surface area (Å²) in [5.74, 6) is 0. The van der Waals surface area contributed by atoms with E-state index in [9.17, 15) is 0 Å². The molecule has 3 heteroatoms. The molecule has 66 valence electrons. The van der Waals surface area contributed by atoms with E-state index in [4.69, 9.17) is 9.15 Å². The summed E-state index contributed by atoms with van der Waals surface area (Å²) in [7, 11) is 0. The monoisotopic (exact) mass is 278 g/mol. The van der Waals surface area contributed by atoms with Crippen molar-refractivity contribution in [1.82, 2.24) is 0 Å². The van der Waals surface area contributed by atoms with Crippen molar-refractivity contribution in [2.24, 2.45) is 0 Å². The number of ether oxygens (including phenoxy) is 1. The van der Waals surface area contributed by atoms with Gasteiger partial charge in [0.1, 0.15) is 0 Å². The lowest BCUT2D eigenvalue weighted by Gasteiger charge is -2.10. The van der Waals surface area contributed by atoms with Crippen LogP contribution in [-0.4, -0.2) is 10.0 Å². The Morgan fingerprint density at radius 1 is 1.58 bits per heavy atom. The third-order valence-electron chi connectivity index (χ3n) is 2.14. The van der Waals surface area contributed by atoms with Gasteiger partial charge in [-0.2, -0.15) is 0 Å². The zero-order valence-electron chi connectivity index (χ0n) is 6.87. The molecule has 0 aliphatic carbocycles. The van der Waals surface area contributed by atoms with Crippen LogP contribution in [0.1, 0.15) is 25.0 Å². The van der Waals surface area contributed by atoms with Crippen LogP contribution in [0.15, 0.2) is 23.0 Å². The Kier molecular flexibility index (Phi) is 2.41. The maximum atomic E-state index is 5.75. The number of hydrogen-bond acceptors (Lipinski definition) is 2. The Balaban J connectivity index is 2.15. The topological polar surface area (TPSA) is 22.4 Å². The minimum Gasteiger partial charge on any atom is -0.472 e. The smallest absolute Gasteiger partial charge is 0.0977 e. The molecule has 0 bridgehead atoms. The van der Waals surface area contributed by atoms with E-state index >= 15 is 0 Å². The Hall–Kier alpha value is -0.0300. The molecule has 0 spiro atoms. The highest BCUT2D eigenvalue weighted by Crippen LogP contribution is 2.37. The molecule has 1 saturated heterocycles. The first-order valence-electron chi connectivity index (χ1n) is 4.09. The van der Waals surface area contributed by atoms with Crippen molar-refractivity contribution in [2.45, 2.75) is 29.5 Å². The van der Waals surface area contributed by atoms with Crippen molar-refractivity contribution in [3.8, 4) is 0 Å². The highest BCUT2D eigenvalue weighted by Gasteiger charge is 2.32. The second kappa shape index (κ2) is 3.38. The van der Waals surface area contributed by atoms with E-state index in [-0.39, 0.29) is 6.10 Å². The van der Waals surface area contributed by atoms with Gasteiger partial charge in [0.2, 0.25) is 0 Å². The lowest BCUT2D eigenvalue weighted by molar-refractivity contribution is 0.0573. The third-order valence-corrected chi connectivity index (χ3v) is 3.30. The van der Waals surface area contributed by atoms with Gasteiger partial charge in [-0.25, -0.2) is 0 Å². The van der Waals surface area contributed by atoms with Crippen molar-refractivity contribution >= 4 is 22.6 Å². The number of furan rings is 1. The molecule has 0 amide bonds. The summed E-state index contributed by atoms with van der Waals surface area (Å²) in [6.07, 6.45) is 5.22. The molecule has 3 atom stereocenters. The second-order valence-electron chi connectivity index (χ2n) is 3.18. The summed E-state index contributed by atoms with van der Waals surface area (Å²) in [5.41, 5.74) is 1.17. The van der Waals surface area contributed by atoms with E-state index in [0.717, 1.165) is 6.42 Å². The fourth-order valence-electron chi connectivity index (χ4n) is 1.56. The number of halogens is 1. The van der Waals surface area contributed by atoms with Crippen LogP contribution in [0.25, 0.3) is 0 Å². The molecule has 0 N–H and O–H groups in total. The van der Waals surface area contributed by atoms with Gasteiger partial charge < -0.3 is 9.15 Å². The summed E-state index contributed by atoms with van der Waals surface area (Å²) < 4.78 is 11.4. The molecule has 0 unspecified atom stereocenters. The molecule has 1 aromatic rings. The van der Waals surface area contributed by atoms with Crippen molar-refractivity contribution in [2.75, 3.05) is 0 Å². The van der Waals surface area contributed by atoms with E-state index in [1.54, 1.807) is 12.5 Å². The maximum absolute atomic E-state index is 5.75. The fraction of sp³-hybridized carbons (Fsp3) is 0.556. The molecule has 1 fully saturated rings. The van der Waals surface area contributed by atoms with Crippen molar-refractivity contribution in [3.63, 3.8) is 0 Å². The second-order valence-corrected chi connectivity index (χ2v) is 4.78. The van der Waals surface area contributed by atoms with Crippen molar-refractivity contribution < 1.29 is 9.15 Å². The Morgan fingerprint density at radius 3 is 2.92 bits per heavy atom. The van der Waals surface area contributed by atoms with Crippen LogP contribution in [-0.2, 0) is 4.74 Å². The Labute approximate surface area is 85.4 Å². The summed E-state index contributed by atoms with van der Waals surface area (Å²) in [6.45, 7) is 2.12. The number of hydrogen-bond donors (Lipinski definition) is 0. The summed E-state index contributed by atoms with van der Waals surface area (Å²) >= 11 is 2.44. The molecule has 2 nitrogen and oxygen atoms in total. The van der Waals surface area contributed by atoms with Gasteiger partial charge in [0.05, 0.1) is 24.7 Å². The predicted molar refractivity (Wildman–Crippen MR) is 54.4 cm³/mol. The molecule has 0 saturated carbocycles. The summed E-state index contributed by atoms with van der Waals surface area (Å²) in [6, 6.07) is 1.98. The van der Waals surface area contributed by atoms with E-state index in [0.29, 0.717) is 10.0 Å². The zero-order chi connectivity index (χ0) is 8.55. The fourth-order valence-corrected chi connectivity index (χ4v) is 2.86. The van der Waals surface area contributed by atoms with Gasteiger partial charge in [-0.15, -0.1) is 0 Å². The highest BCUT2D eigenvalue weighted by molar-refractivity contribution is 14.1. The van der Waals surface area contributed by atoms with Gasteiger partial charge in [-0.3, -0.25) is 0 Å². The average Bonchev–Trinajstić information content (AvgIpc) is 2.58. The van der Waals surface area contributed by atoms with Crippen LogP contribution in [0.2, 0.25) is 0 Å². The largest absolute Gasteiger partial charge is 0.472 e. The zero-order valence-corrected chi connectivity index (χ0v) is 9.02. The SMILES string of the molecule is C[C@H]1C[C@H](I)[C@@H](c2ccoc2)O1. The predicted octanol–water partition coefficient (Wildman–Crippen LogP) is 2.93. The third kappa shape index (κ3) is 1.52. The summed E-state index contributed by atoms with van der Waals surface area (Å²) in [4.78, 5) is 0. The quantitative estimate of drug-likeness (QED) is 0.582. The molecule has 0 radical (unpaired) electrons. The first kappa shape index (κ1) is 8.56. The van der Waals surface area contributed by atoms with Gasteiger partial charge in [0.15, 0.2) is 0 Å². The lowest BCUT2D eigenvalue weighted by Crippen LogP contribution is -2.04. The van der Waals surface area contributed by atoms with Crippen LogP contribution >= 0.6 is 22.6 Å². The van der Waals surface area contributed by atoms with E-state index < -0.39 is 0 Å². The van der Waals surface area contributed by atoms with Gasteiger partial charge in [-0.1, -0.05) is 22.6 Å². The van der Waals surface area contributed by atoms with Crippen LogP contribution in [0, 0.1) is 0 Å². The van der Waals surface area contributed by atoms with Gasteiger partial charge in [0, 0.05) is 9.49 Å². The Bertz CT molecular complexity index is 245. The van der Waals surface area contributed by atoms with Crippen LogP contribution in [0.3, 0.4) is 0 Å². The van der Waals surface area contributed by atoms with Gasteiger partial charge in [-0.05, 0) is 19.4 Å². The molecule has 12 heavy (non-hydrogen) atoms. The van der Waals surface area contributed by atoms with Gasteiger partial charge >= 0.3 is 0 Å². The van der Waals surface area contributed by atoms with Crippen LogP contribution in [0.5, 0.6) is 0 Å². The molecule has 1 aliphatic rings. The lowest BCUT2D eigenvalue weighted by atomic mass is 10.1. The minimum absolute atomic E-state index is 0.236. The van der Waals surface area contributed by atoms with Crippen LogP contribution in [0.4, 0.5) is 0 Å². The number of alkyl halides is 1. The maximum Gasteiger partial charge on any atom is 0.0977 e. The normalized spacial score (nSPS) is 35.7. The van der Waals surface area contributed by atoms with Crippen molar-refractivity contribution in [3.05, 3.63) is 24.2 Å². The highest BCUT2D eigenvalue weighted by atomic mass is 127. The van der Waals surface area contributed by atoms with E-state index in [2.05, 4.69) is 29.5 Å². The molecule has 1 aliphatic heterocycles. The molecule has 0 aromatic carbocycles. The standard InChI is InChI=1S/C9H11IO2/c1-6-4-8(10)9(12-6)7-2-3-11-5-7/h2-3,5-6,8-9H,4H2,1H3/t6-,8-,9+/m0/s1. The number of rotatable bonds is 1. The Morgan fingerprint density at radius 2 is 2.42 bits per heavy atom. The van der Waals surface area contributed by atoms with E-state index in [1.807, 2.05) is 6.07 Å². The molecular formula is C9H11IO2. The first-order valence-corrected chi connectivity index (χ1v) is 5.33. The van der Waals surface area contributed by atoms with Crippen LogP contribution < -0.4 is 0 Å². The van der Waals surface area contributed by atoms with Gasteiger partial charge in [0.25, 0.3) is 0 Å². The first-order chi connectivity index (χ1) is 5.77. The minimum atomic E-state index is 0.236. The molecule has 2 heterocycles. The van der Waals surface area contributed by atoms with Crippen molar-refractivity contribution in [1.29, 1.82) is 0 Å². The average molecular weight is 278 g/mol.